The molecule has 508 valence electrons. The Labute approximate surface area is 565 Å². The number of phenols is 1. The molecule has 0 amide bonds. The molecule has 0 spiro atoms. The number of hydrogen-bond donors (Lipinski definition) is 8. The lowest BCUT2D eigenvalue weighted by Gasteiger charge is -2.46. The number of ether oxygens (including phenoxy) is 5. The summed E-state index contributed by atoms with van der Waals surface area (Å²) >= 11 is 3.45. The van der Waals surface area contributed by atoms with Gasteiger partial charge in [-0.25, -0.2) is 19.6 Å². The highest BCUT2D eigenvalue weighted by molar-refractivity contribution is 9.10. The Morgan fingerprint density at radius 3 is 1.38 bits per heavy atom. The standard InChI is InChI=1S/C28H39N7O3.C21H27N7O.C20H28BrN5O2/c1-27(2)13-21(14-28(3,4)34-27)31-24-16-29-26(33-32-24)22-10-9-19(12-23(22)38-18-36-5)20-15-30-35(17-20)25-8-6-7-11-37-25;1-20(2)8-15(9-21(3,4)28-20)25-18-12-22-19(27-26-18)16-6-5-13(7-17(16)29)14-10-23-24-11-14;1-19(2)9-14(10-20(3,4)26-19)23-17-11-22-18(25-24-17)15-7-6-13(21)8-16(15)28-12-27-5/h9-10,12,15-17,21,25,34H,6-8,11,13-14,18H2,1-5H3,(H,31,32);5-7,10-12,15,28-29H,8-9H2,1-4H3,(H,23,24)(H,25,26);6-8,11,14,26H,9-10,12H2,1-5H3,(H,23,24). The van der Waals surface area contributed by atoms with Gasteiger partial charge in [0, 0.05) is 100 Å². The van der Waals surface area contributed by atoms with Crippen LogP contribution in [-0.2, 0) is 14.2 Å². The van der Waals surface area contributed by atoms with Crippen molar-refractivity contribution in [3.8, 4) is 73.7 Å². The maximum atomic E-state index is 10.4. The minimum atomic E-state index is -0.00500. The number of hydrogen-bond acceptors (Lipinski definition) is 23. The van der Waals surface area contributed by atoms with Crippen molar-refractivity contribution in [3.63, 3.8) is 0 Å². The Morgan fingerprint density at radius 1 is 0.526 bits per heavy atom. The zero-order chi connectivity index (χ0) is 67.8. The van der Waals surface area contributed by atoms with Gasteiger partial charge in [0.05, 0.1) is 47.7 Å². The Hall–Kier alpha value is -7.85. The number of nitrogens with one attached hydrogen (secondary N) is 7. The number of aromatic hydroxyl groups is 1. The van der Waals surface area contributed by atoms with Gasteiger partial charge in [-0.2, -0.15) is 10.2 Å². The molecule has 0 aliphatic carbocycles. The van der Waals surface area contributed by atoms with Crippen molar-refractivity contribution < 1.29 is 28.8 Å². The molecule has 95 heavy (non-hydrogen) atoms. The first-order valence-corrected chi connectivity index (χ1v) is 33.3. The topological polar surface area (TPSA) is 301 Å². The van der Waals surface area contributed by atoms with Crippen LogP contribution in [0.5, 0.6) is 17.2 Å². The molecule has 1 atom stereocenters. The lowest BCUT2D eigenvalue weighted by Crippen LogP contribution is -2.60. The molecular formula is C69H94BrN19O6. The van der Waals surface area contributed by atoms with E-state index in [1.165, 1.54) is 0 Å². The fraction of sp³-hybridized carbons (Fsp3) is 0.522. The van der Waals surface area contributed by atoms with Gasteiger partial charge in [-0.15, -0.1) is 30.6 Å². The van der Waals surface area contributed by atoms with E-state index in [2.05, 4.69) is 192 Å². The second-order valence-electron chi connectivity index (χ2n) is 29.1. The van der Waals surface area contributed by atoms with Crippen LogP contribution >= 0.6 is 15.9 Å². The van der Waals surface area contributed by atoms with E-state index in [9.17, 15) is 5.11 Å². The number of anilines is 3. The van der Waals surface area contributed by atoms with Crippen molar-refractivity contribution in [2.24, 2.45) is 0 Å². The highest BCUT2D eigenvalue weighted by atomic mass is 79.9. The number of nitrogens with zero attached hydrogens (tertiary/aromatic N) is 12. The minimum absolute atomic E-state index is 0.00500. The number of aromatic nitrogens is 13. The van der Waals surface area contributed by atoms with E-state index < -0.39 is 0 Å². The monoisotopic (exact) mass is 1360 g/mol. The van der Waals surface area contributed by atoms with Gasteiger partial charge in [0.25, 0.3) is 0 Å². The lowest BCUT2D eigenvalue weighted by molar-refractivity contribution is -0.0394. The van der Waals surface area contributed by atoms with Gasteiger partial charge in [0.15, 0.2) is 48.5 Å². The highest BCUT2D eigenvalue weighted by Crippen LogP contribution is 2.38. The average Bonchev–Trinajstić information content (AvgIpc) is 1.27. The van der Waals surface area contributed by atoms with E-state index in [4.69, 9.17) is 23.7 Å². The Kier molecular flexibility index (Phi) is 21.8. The molecule has 4 saturated heterocycles. The van der Waals surface area contributed by atoms with Crippen molar-refractivity contribution in [2.75, 3.05) is 50.4 Å². The van der Waals surface area contributed by atoms with Gasteiger partial charge in [-0.1, -0.05) is 28.1 Å². The zero-order valence-corrected chi connectivity index (χ0v) is 58.9. The maximum absolute atomic E-state index is 10.4. The van der Waals surface area contributed by atoms with E-state index in [-0.39, 0.29) is 70.9 Å². The second kappa shape index (κ2) is 29.6. The number of piperidine rings is 3. The average molecular weight is 1370 g/mol. The highest BCUT2D eigenvalue weighted by Gasteiger charge is 2.40. The van der Waals surface area contributed by atoms with Crippen molar-refractivity contribution in [1.29, 1.82) is 0 Å². The zero-order valence-electron chi connectivity index (χ0n) is 57.3. The van der Waals surface area contributed by atoms with Gasteiger partial charge in [0.2, 0.25) is 0 Å². The third-order valence-corrected chi connectivity index (χ3v) is 17.3. The molecule has 0 bridgehead atoms. The predicted molar refractivity (Wildman–Crippen MR) is 372 cm³/mol. The normalized spacial score (nSPS) is 19.6. The molecule has 1 unspecified atom stereocenters. The maximum Gasteiger partial charge on any atom is 0.188 e. The van der Waals surface area contributed by atoms with Crippen molar-refractivity contribution in [2.45, 2.75) is 198 Å². The predicted octanol–water partition coefficient (Wildman–Crippen LogP) is 12.2. The summed E-state index contributed by atoms with van der Waals surface area (Å²) in [6, 6.07) is 17.9. The van der Waals surface area contributed by atoms with Crippen molar-refractivity contribution in [3.05, 3.63) is 102 Å². The summed E-state index contributed by atoms with van der Waals surface area (Å²) in [7, 11) is 3.18. The van der Waals surface area contributed by atoms with E-state index in [0.717, 1.165) is 102 Å². The molecule has 26 heteroatoms. The third kappa shape index (κ3) is 19.4. The molecule has 12 rings (SSSR count). The summed E-state index contributed by atoms with van der Waals surface area (Å²) in [5.41, 5.74) is 6.07. The first-order valence-electron chi connectivity index (χ1n) is 32.5. The number of halogens is 1. The first-order chi connectivity index (χ1) is 45.1. The summed E-state index contributed by atoms with van der Waals surface area (Å²) in [5, 5.41) is 69.3. The Morgan fingerprint density at radius 2 is 0.968 bits per heavy atom. The van der Waals surface area contributed by atoms with Gasteiger partial charge in [-0.05, 0) is 194 Å². The lowest BCUT2D eigenvalue weighted by atomic mass is 9.79. The van der Waals surface area contributed by atoms with Crippen LogP contribution in [0.3, 0.4) is 0 Å². The van der Waals surface area contributed by atoms with Gasteiger partial charge >= 0.3 is 0 Å². The number of methoxy groups -OCH3 is 2. The van der Waals surface area contributed by atoms with Gasteiger partial charge in [-0.3, -0.25) is 5.10 Å². The third-order valence-electron chi connectivity index (χ3n) is 16.8. The molecular weight excluding hydrogens is 1270 g/mol. The summed E-state index contributed by atoms with van der Waals surface area (Å²) < 4.78 is 30.4. The number of rotatable bonds is 18. The second-order valence-corrected chi connectivity index (χ2v) is 30.0. The fourth-order valence-electron chi connectivity index (χ4n) is 14.2. The smallest absolute Gasteiger partial charge is 0.188 e. The minimum Gasteiger partial charge on any atom is -0.507 e. The van der Waals surface area contributed by atoms with Crippen LogP contribution in [0.1, 0.15) is 147 Å². The summed E-state index contributed by atoms with van der Waals surface area (Å²) in [6.07, 6.45) is 21.7. The summed E-state index contributed by atoms with van der Waals surface area (Å²) in [6.45, 7) is 27.7. The quantitative estimate of drug-likeness (QED) is 0.0370. The van der Waals surface area contributed by atoms with E-state index >= 15 is 0 Å². The van der Waals surface area contributed by atoms with E-state index in [1.807, 2.05) is 59.5 Å². The number of aromatic amines is 1. The van der Waals surface area contributed by atoms with Gasteiger partial charge in [0.1, 0.15) is 23.5 Å². The first kappa shape index (κ1) is 70.0. The molecule has 4 aliphatic heterocycles. The fourth-order valence-corrected chi connectivity index (χ4v) is 14.6. The van der Waals surface area contributed by atoms with Crippen LogP contribution in [0, 0.1) is 0 Å². The number of H-pyrrole nitrogens is 1. The van der Waals surface area contributed by atoms with Crippen LogP contribution in [0.4, 0.5) is 17.5 Å². The van der Waals surface area contributed by atoms with Crippen molar-refractivity contribution >= 4 is 33.4 Å². The molecule has 5 aromatic heterocycles. The molecule has 25 nitrogen and oxygen atoms in total. The SMILES string of the molecule is CC1(C)CC(Nc2cnc(-c3ccc(-c4cn[nH]c4)cc3O)nn2)CC(C)(C)N1.COCOc1cc(-c2cnn(C3CCCCO3)c2)ccc1-c1ncc(NC2CC(C)(C)NC(C)(C)C2)nn1.COCOc1cc(Br)ccc1-c1ncc(NC2CC(C)(C)NC(C)(C)C2)nn1. The van der Waals surface area contributed by atoms with Gasteiger partial charge < -0.3 is 60.7 Å². The largest absolute Gasteiger partial charge is 0.507 e. The molecule has 9 heterocycles. The summed E-state index contributed by atoms with van der Waals surface area (Å²) in [4.78, 5) is 13.5. The molecule has 8 aromatic rings. The molecule has 0 saturated carbocycles. The summed E-state index contributed by atoms with van der Waals surface area (Å²) in [5.74, 6) is 4.74. The van der Waals surface area contributed by atoms with Crippen LogP contribution in [0.25, 0.3) is 56.4 Å². The van der Waals surface area contributed by atoms with Crippen LogP contribution in [0.2, 0.25) is 0 Å². The number of phenolic OH excluding ortho intramolecular Hbond substituents is 1. The van der Waals surface area contributed by atoms with E-state index in [1.54, 1.807) is 57.3 Å². The van der Waals surface area contributed by atoms with Crippen LogP contribution in [-0.4, -0.2) is 156 Å². The Bertz CT molecular complexity index is 3740. The van der Waals surface area contributed by atoms with E-state index in [0.29, 0.717) is 58.0 Å². The van der Waals surface area contributed by atoms with Crippen molar-refractivity contribution in [1.82, 2.24) is 81.5 Å². The molecule has 8 N–H and O–H groups in total. The molecule has 3 aromatic carbocycles. The Balaban J connectivity index is 0.000000158. The van der Waals surface area contributed by atoms with Crippen LogP contribution < -0.4 is 41.4 Å². The van der Waals surface area contributed by atoms with Crippen LogP contribution in [0.15, 0.2) is 102 Å². The number of benzene rings is 3. The molecule has 4 aliphatic rings. The molecule has 0 radical (unpaired) electrons. The molecule has 4 fully saturated rings.